The second kappa shape index (κ2) is 5.72. The van der Waals surface area contributed by atoms with E-state index in [4.69, 9.17) is 0 Å². The fourth-order valence-electron chi connectivity index (χ4n) is 2.78. The molecule has 7 heteroatoms. The molecule has 0 spiro atoms. The number of carbonyl (C=O) groups is 3. The quantitative estimate of drug-likeness (QED) is 0.771. The van der Waals surface area contributed by atoms with Crippen molar-refractivity contribution in [1.82, 2.24) is 15.5 Å². The maximum absolute atomic E-state index is 12.4. The van der Waals surface area contributed by atoms with Crippen molar-refractivity contribution in [2.75, 3.05) is 13.1 Å². The Hall–Kier alpha value is -1.89. The molecule has 0 aromatic carbocycles. The van der Waals surface area contributed by atoms with Crippen molar-refractivity contribution in [2.24, 2.45) is 5.92 Å². The number of carbonyl (C=O) groups excluding carboxylic acids is 3. The topological polar surface area (TPSA) is 78.5 Å². The number of nitrogens with zero attached hydrogens (tertiary/aromatic N) is 1. The van der Waals surface area contributed by atoms with E-state index < -0.39 is 11.6 Å². The number of nitrogens with one attached hydrogen (secondary N) is 2. The minimum Gasteiger partial charge on any atom is -0.354 e. The lowest BCUT2D eigenvalue weighted by Crippen LogP contribution is -2.47. The van der Waals surface area contributed by atoms with Gasteiger partial charge < -0.3 is 10.6 Å². The van der Waals surface area contributed by atoms with Crippen LogP contribution in [0.3, 0.4) is 0 Å². The van der Waals surface area contributed by atoms with Gasteiger partial charge in [0.15, 0.2) is 0 Å². The van der Waals surface area contributed by atoms with Crippen LogP contribution in [0.5, 0.6) is 0 Å². The molecule has 1 saturated carbocycles. The first kappa shape index (κ1) is 15.0. The number of hydrogen-bond acceptors (Lipinski definition) is 4. The summed E-state index contributed by atoms with van der Waals surface area (Å²) in [5.74, 6) is -0.385. The normalized spacial score (nSPS) is 24.5. The van der Waals surface area contributed by atoms with Gasteiger partial charge in [-0.1, -0.05) is 6.07 Å². The molecular formula is C15H19N3O3S. The SMILES string of the molecule is C[C@]1(C2CC2)NC(=O)N(CC(=O)NCCc2cccs2)C1=O. The molecule has 4 amide bonds. The highest BCUT2D eigenvalue weighted by molar-refractivity contribution is 7.09. The average molecular weight is 321 g/mol. The Labute approximate surface area is 132 Å². The van der Waals surface area contributed by atoms with Crippen LogP contribution in [0.15, 0.2) is 17.5 Å². The molecule has 1 aliphatic carbocycles. The number of thiophene rings is 1. The van der Waals surface area contributed by atoms with Gasteiger partial charge in [0.05, 0.1) is 0 Å². The van der Waals surface area contributed by atoms with Crippen LogP contribution in [0.25, 0.3) is 0 Å². The molecule has 0 unspecified atom stereocenters. The molecule has 0 radical (unpaired) electrons. The molecule has 1 atom stereocenters. The summed E-state index contributed by atoms with van der Waals surface area (Å²) in [6.07, 6.45) is 2.65. The second-order valence-corrected chi connectivity index (χ2v) is 7.01. The van der Waals surface area contributed by atoms with Gasteiger partial charge in [-0.3, -0.25) is 14.5 Å². The lowest BCUT2D eigenvalue weighted by molar-refractivity contribution is -0.135. The van der Waals surface area contributed by atoms with E-state index in [1.807, 2.05) is 17.5 Å². The van der Waals surface area contributed by atoms with Crippen molar-refractivity contribution in [1.29, 1.82) is 0 Å². The molecule has 1 aliphatic heterocycles. The van der Waals surface area contributed by atoms with Gasteiger partial charge in [-0.2, -0.15) is 0 Å². The molecule has 2 heterocycles. The summed E-state index contributed by atoms with van der Waals surface area (Å²) in [7, 11) is 0. The zero-order chi connectivity index (χ0) is 15.7. The third-order valence-electron chi connectivity index (χ3n) is 4.27. The highest BCUT2D eigenvalue weighted by Gasteiger charge is 2.56. The minimum atomic E-state index is -0.825. The first-order chi connectivity index (χ1) is 10.5. The van der Waals surface area contributed by atoms with Gasteiger partial charge in [0.2, 0.25) is 5.91 Å². The van der Waals surface area contributed by atoms with E-state index in [0.29, 0.717) is 6.54 Å². The van der Waals surface area contributed by atoms with Gasteiger partial charge in [0, 0.05) is 11.4 Å². The summed E-state index contributed by atoms with van der Waals surface area (Å²) in [6, 6.07) is 3.51. The zero-order valence-corrected chi connectivity index (χ0v) is 13.2. The summed E-state index contributed by atoms with van der Waals surface area (Å²) in [5.41, 5.74) is -0.825. The van der Waals surface area contributed by atoms with Crippen LogP contribution in [-0.2, 0) is 16.0 Å². The van der Waals surface area contributed by atoms with Crippen LogP contribution < -0.4 is 10.6 Å². The van der Waals surface area contributed by atoms with Gasteiger partial charge in [0.25, 0.3) is 5.91 Å². The first-order valence-electron chi connectivity index (χ1n) is 7.44. The summed E-state index contributed by atoms with van der Waals surface area (Å²) < 4.78 is 0. The number of hydrogen-bond donors (Lipinski definition) is 2. The zero-order valence-electron chi connectivity index (χ0n) is 12.4. The average Bonchev–Trinajstić information content (AvgIpc) is 3.17. The molecule has 22 heavy (non-hydrogen) atoms. The van der Waals surface area contributed by atoms with Crippen molar-refractivity contribution in [3.8, 4) is 0 Å². The van der Waals surface area contributed by atoms with Crippen LogP contribution >= 0.6 is 11.3 Å². The molecular weight excluding hydrogens is 302 g/mol. The predicted octanol–water partition coefficient (Wildman–Crippen LogP) is 1.13. The molecule has 118 valence electrons. The van der Waals surface area contributed by atoms with Crippen LogP contribution in [0.2, 0.25) is 0 Å². The van der Waals surface area contributed by atoms with Crippen LogP contribution in [0, 0.1) is 5.92 Å². The molecule has 0 bridgehead atoms. The third-order valence-corrected chi connectivity index (χ3v) is 5.21. The van der Waals surface area contributed by atoms with Gasteiger partial charge in [0.1, 0.15) is 12.1 Å². The summed E-state index contributed by atoms with van der Waals surface area (Å²) >= 11 is 1.64. The van der Waals surface area contributed by atoms with Crippen molar-refractivity contribution in [2.45, 2.75) is 31.7 Å². The maximum Gasteiger partial charge on any atom is 0.325 e. The third kappa shape index (κ3) is 2.85. The van der Waals surface area contributed by atoms with Crippen molar-refractivity contribution < 1.29 is 14.4 Å². The Kier molecular flexibility index (Phi) is 3.90. The molecule has 3 rings (SSSR count). The van der Waals surface area contributed by atoms with Gasteiger partial charge in [-0.05, 0) is 43.6 Å². The number of rotatable bonds is 6. The lowest BCUT2D eigenvalue weighted by atomic mass is 9.96. The highest BCUT2D eigenvalue weighted by Crippen LogP contribution is 2.42. The Morgan fingerprint density at radius 1 is 1.50 bits per heavy atom. The summed E-state index contributed by atoms with van der Waals surface area (Å²) in [5, 5.41) is 7.48. The fourth-order valence-corrected chi connectivity index (χ4v) is 3.49. The van der Waals surface area contributed by atoms with Crippen molar-refractivity contribution in [3.63, 3.8) is 0 Å². The van der Waals surface area contributed by atoms with Gasteiger partial charge in [-0.25, -0.2) is 4.79 Å². The van der Waals surface area contributed by atoms with Gasteiger partial charge >= 0.3 is 6.03 Å². The molecule has 1 aromatic heterocycles. The monoisotopic (exact) mass is 321 g/mol. The van der Waals surface area contributed by atoms with E-state index in [1.54, 1.807) is 18.3 Å². The Bertz CT molecular complexity index is 597. The molecule has 2 N–H and O–H groups in total. The van der Waals surface area contributed by atoms with E-state index in [-0.39, 0.29) is 24.3 Å². The standard InChI is InChI=1S/C15H19N3O3S/c1-15(10-4-5-10)13(20)18(14(21)17-15)9-12(19)16-7-6-11-3-2-8-22-11/h2-3,8,10H,4-7,9H2,1H3,(H,16,19)(H,17,21)/t15-/m1/s1. The second-order valence-electron chi connectivity index (χ2n) is 5.98. The van der Waals surface area contributed by atoms with E-state index in [0.717, 1.165) is 24.2 Å². The van der Waals surface area contributed by atoms with Crippen molar-refractivity contribution >= 4 is 29.2 Å². The van der Waals surface area contributed by atoms with Crippen LogP contribution in [-0.4, -0.2) is 41.4 Å². The predicted molar refractivity (Wildman–Crippen MR) is 82.4 cm³/mol. The minimum absolute atomic E-state index is 0.204. The Morgan fingerprint density at radius 3 is 2.91 bits per heavy atom. The summed E-state index contributed by atoms with van der Waals surface area (Å²) in [6.45, 7) is 2.04. The molecule has 1 saturated heterocycles. The first-order valence-corrected chi connectivity index (χ1v) is 8.32. The highest BCUT2D eigenvalue weighted by atomic mass is 32.1. The molecule has 6 nitrogen and oxygen atoms in total. The lowest BCUT2D eigenvalue weighted by Gasteiger charge is -2.20. The van der Waals surface area contributed by atoms with Crippen LogP contribution in [0.1, 0.15) is 24.6 Å². The maximum atomic E-state index is 12.4. The van der Waals surface area contributed by atoms with E-state index in [9.17, 15) is 14.4 Å². The summed E-state index contributed by atoms with van der Waals surface area (Å²) in [4.78, 5) is 38.5. The molecule has 1 aromatic rings. The number of amides is 4. The molecule has 2 fully saturated rings. The number of urea groups is 1. The smallest absolute Gasteiger partial charge is 0.325 e. The van der Waals surface area contributed by atoms with Gasteiger partial charge in [-0.15, -0.1) is 11.3 Å². The Balaban J connectivity index is 1.50. The largest absolute Gasteiger partial charge is 0.354 e. The van der Waals surface area contributed by atoms with Crippen LogP contribution in [0.4, 0.5) is 4.79 Å². The number of imide groups is 1. The fraction of sp³-hybridized carbons (Fsp3) is 0.533. The van der Waals surface area contributed by atoms with Crippen molar-refractivity contribution in [3.05, 3.63) is 22.4 Å². The van der Waals surface area contributed by atoms with E-state index in [1.165, 1.54) is 4.88 Å². The Morgan fingerprint density at radius 2 is 2.27 bits per heavy atom. The van der Waals surface area contributed by atoms with E-state index in [2.05, 4.69) is 10.6 Å². The van der Waals surface area contributed by atoms with E-state index >= 15 is 0 Å². The molecule has 2 aliphatic rings.